The fourth-order valence-electron chi connectivity index (χ4n) is 2.56. The van der Waals surface area contributed by atoms with Gasteiger partial charge in [0.15, 0.2) is 5.82 Å². The van der Waals surface area contributed by atoms with Crippen molar-refractivity contribution in [2.75, 3.05) is 20.2 Å². The lowest BCUT2D eigenvalue weighted by Crippen LogP contribution is -2.35. The van der Waals surface area contributed by atoms with Crippen LogP contribution in [0.4, 0.5) is 4.39 Å². The maximum absolute atomic E-state index is 13.9. The lowest BCUT2D eigenvalue weighted by molar-refractivity contribution is 0.0718. The Morgan fingerprint density at radius 1 is 1.32 bits per heavy atom. The number of pyridine rings is 1. The second-order valence-electron chi connectivity index (χ2n) is 5.23. The van der Waals surface area contributed by atoms with Gasteiger partial charge in [0.1, 0.15) is 5.69 Å². The maximum atomic E-state index is 13.9. The SMILES string of the molecule is COc1cc(-c2cc(C(=O)N3CCCCC3)[nH]n2)c(F)cn1. The molecule has 22 heavy (non-hydrogen) atoms. The second-order valence-corrected chi connectivity index (χ2v) is 5.23. The largest absolute Gasteiger partial charge is 0.481 e. The summed E-state index contributed by atoms with van der Waals surface area (Å²) in [7, 11) is 1.46. The number of H-pyrrole nitrogens is 1. The molecule has 7 heteroatoms. The summed E-state index contributed by atoms with van der Waals surface area (Å²) in [6.45, 7) is 1.51. The Hall–Kier alpha value is -2.44. The molecule has 1 N–H and O–H groups in total. The van der Waals surface area contributed by atoms with Crippen LogP contribution in [0.3, 0.4) is 0 Å². The van der Waals surface area contributed by atoms with E-state index in [2.05, 4.69) is 15.2 Å². The van der Waals surface area contributed by atoms with Crippen LogP contribution in [0.25, 0.3) is 11.3 Å². The number of aromatic nitrogens is 3. The zero-order valence-corrected chi connectivity index (χ0v) is 12.3. The minimum Gasteiger partial charge on any atom is -0.481 e. The minimum absolute atomic E-state index is 0.0973. The van der Waals surface area contributed by atoms with Gasteiger partial charge in [-0.15, -0.1) is 0 Å². The third-order valence-electron chi connectivity index (χ3n) is 3.77. The molecule has 116 valence electrons. The van der Waals surface area contributed by atoms with Crippen molar-refractivity contribution in [2.45, 2.75) is 19.3 Å². The summed E-state index contributed by atoms with van der Waals surface area (Å²) < 4.78 is 18.9. The fraction of sp³-hybridized carbons (Fsp3) is 0.400. The molecule has 1 fully saturated rings. The first-order chi connectivity index (χ1) is 10.7. The average molecular weight is 304 g/mol. The number of piperidine rings is 1. The van der Waals surface area contributed by atoms with Crippen molar-refractivity contribution < 1.29 is 13.9 Å². The van der Waals surface area contributed by atoms with Gasteiger partial charge in [0.2, 0.25) is 5.88 Å². The molecule has 1 aliphatic rings. The first-order valence-corrected chi connectivity index (χ1v) is 7.23. The van der Waals surface area contributed by atoms with Gasteiger partial charge < -0.3 is 9.64 Å². The summed E-state index contributed by atoms with van der Waals surface area (Å²) in [5.41, 5.74) is 0.978. The quantitative estimate of drug-likeness (QED) is 0.944. The molecule has 0 aromatic carbocycles. The number of rotatable bonds is 3. The predicted molar refractivity (Wildman–Crippen MR) is 78.1 cm³/mol. The predicted octanol–water partition coefficient (Wildman–Crippen LogP) is 2.25. The summed E-state index contributed by atoms with van der Waals surface area (Å²) in [6.07, 6.45) is 4.26. The van der Waals surface area contributed by atoms with Crippen LogP contribution >= 0.6 is 0 Å². The van der Waals surface area contributed by atoms with E-state index in [0.717, 1.165) is 38.5 Å². The van der Waals surface area contributed by atoms with E-state index in [4.69, 9.17) is 4.74 Å². The number of nitrogens with one attached hydrogen (secondary N) is 1. The molecule has 0 spiro atoms. The van der Waals surface area contributed by atoms with Gasteiger partial charge >= 0.3 is 0 Å². The number of ether oxygens (including phenoxy) is 1. The number of halogens is 1. The van der Waals surface area contributed by atoms with Crippen molar-refractivity contribution >= 4 is 5.91 Å². The molecular weight excluding hydrogens is 287 g/mol. The van der Waals surface area contributed by atoms with Gasteiger partial charge in [-0.25, -0.2) is 9.37 Å². The van der Waals surface area contributed by atoms with E-state index in [1.807, 2.05) is 0 Å². The Kier molecular flexibility index (Phi) is 4.04. The van der Waals surface area contributed by atoms with Crippen molar-refractivity contribution in [2.24, 2.45) is 0 Å². The lowest BCUT2D eigenvalue weighted by atomic mass is 10.1. The summed E-state index contributed by atoms with van der Waals surface area (Å²) in [5, 5.41) is 6.74. The van der Waals surface area contributed by atoms with E-state index in [1.54, 1.807) is 11.0 Å². The molecule has 2 aromatic rings. The molecule has 3 rings (SSSR count). The highest BCUT2D eigenvalue weighted by Crippen LogP contribution is 2.24. The van der Waals surface area contributed by atoms with Crippen molar-refractivity contribution in [1.82, 2.24) is 20.1 Å². The Morgan fingerprint density at radius 2 is 2.09 bits per heavy atom. The number of likely N-dealkylation sites (tertiary alicyclic amines) is 1. The number of carbonyl (C=O) groups is 1. The smallest absolute Gasteiger partial charge is 0.271 e. The number of nitrogens with zero attached hydrogens (tertiary/aromatic N) is 3. The molecule has 1 amide bonds. The van der Waals surface area contributed by atoms with E-state index in [0.29, 0.717) is 17.3 Å². The molecule has 3 heterocycles. The van der Waals surface area contributed by atoms with Crippen molar-refractivity contribution in [3.05, 3.63) is 29.8 Å². The molecular formula is C15H17FN4O2. The highest BCUT2D eigenvalue weighted by molar-refractivity contribution is 5.93. The molecule has 6 nitrogen and oxygen atoms in total. The van der Waals surface area contributed by atoms with E-state index in [-0.39, 0.29) is 11.5 Å². The summed E-state index contributed by atoms with van der Waals surface area (Å²) >= 11 is 0. The zero-order valence-electron chi connectivity index (χ0n) is 12.3. The second kappa shape index (κ2) is 6.13. The summed E-state index contributed by atoms with van der Waals surface area (Å²) in [4.78, 5) is 18.0. The highest BCUT2D eigenvalue weighted by atomic mass is 19.1. The minimum atomic E-state index is -0.510. The number of hydrogen-bond donors (Lipinski definition) is 1. The normalized spacial score (nSPS) is 14.9. The van der Waals surface area contributed by atoms with Crippen molar-refractivity contribution in [3.63, 3.8) is 0 Å². The molecule has 0 saturated carbocycles. The summed E-state index contributed by atoms with van der Waals surface area (Å²) in [5.74, 6) is -0.313. The molecule has 2 aromatic heterocycles. The van der Waals surface area contributed by atoms with Gasteiger partial charge in [-0.1, -0.05) is 0 Å². The molecule has 1 saturated heterocycles. The number of hydrogen-bond acceptors (Lipinski definition) is 4. The third kappa shape index (κ3) is 2.79. The van der Waals surface area contributed by atoms with Crippen LogP contribution in [-0.4, -0.2) is 46.2 Å². The van der Waals surface area contributed by atoms with E-state index < -0.39 is 5.82 Å². The Balaban J connectivity index is 1.85. The van der Waals surface area contributed by atoms with Crippen LogP contribution < -0.4 is 4.74 Å². The van der Waals surface area contributed by atoms with Gasteiger partial charge in [0, 0.05) is 24.7 Å². The van der Waals surface area contributed by atoms with Gasteiger partial charge in [-0.2, -0.15) is 5.10 Å². The lowest BCUT2D eigenvalue weighted by Gasteiger charge is -2.25. The molecule has 0 radical (unpaired) electrons. The van der Waals surface area contributed by atoms with E-state index in [1.165, 1.54) is 13.2 Å². The zero-order chi connectivity index (χ0) is 15.5. The molecule has 0 aliphatic carbocycles. The van der Waals surface area contributed by atoms with E-state index >= 15 is 0 Å². The number of aromatic amines is 1. The third-order valence-corrected chi connectivity index (χ3v) is 3.77. The van der Waals surface area contributed by atoms with Gasteiger partial charge in [-0.05, 0) is 25.3 Å². The van der Waals surface area contributed by atoms with Crippen LogP contribution in [0.5, 0.6) is 5.88 Å². The number of amides is 1. The van der Waals surface area contributed by atoms with Gasteiger partial charge in [-0.3, -0.25) is 9.89 Å². The topological polar surface area (TPSA) is 71.1 Å². The molecule has 1 aliphatic heterocycles. The number of carbonyl (C=O) groups excluding carboxylic acids is 1. The molecule has 0 bridgehead atoms. The standard InChI is InChI=1S/C15H17FN4O2/c1-22-14-7-10(11(16)9-17-14)12-8-13(19-18-12)15(21)20-5-3-2-4-6-20/h7-9H,2-6H2,1H3,(H,18,19). The fourth-order valence-corrected chi connectivity index (χ4v) is 2.56. The molecule has 0 atom stereocenters. The van der Waals surface area contributed by atoms with Crippen LogP contribution in [-0.2, 0) is 0 Å². The average Bonchev–Trinajstić information content (AvgIpc) is 3.05. The summed E-state index contributed by atoms with van der Waals surface area (Å²) in [6, 6.07) is 3.02. The van der Waals surface area contributed by atoms with Crippen LogP contribution in [0, 0.1) is 5.82 Å². The van der Waals surface area contributed by atoms with Crippen LogP contribution in [0.1, 0.15) is 29.8 Å². The first kappa shape index (κ1) is 14.5. The molecule has 0 unspecified atom stereocenters. The monoisotopic (exact) mass is 304 g/mol. The first-order valence-electron chi connectivity index (χ1n) is 7.23. The van der Waals surface area contributed by atoms with Crippen molar-refractivity contribution in [1.29, 1.82) is 0 Å². The van der Waals surface area contributed by atoms with Gasteiger partial charge in [0.25, 0.3) is 5.91 Å². The van der Waals surface area contributed by atoms with Crippen LogP contribution in [0.2, 0.25) is 0 Å². The van der Waals surface area contributed by atoms with Crippen molar-refractivity contribution in [3.8, 4) is 17.1 Å². The highest BCUT2D eigenvalue weighted by Gasteiger charge is 2.21. The maximum Gasteiger partial charge on any atom is 0.271 e. The number of methoxy groups -OCH3 is 1. The van der Waals surface area contributed by atoms with E-state index in [9.17, 15) is 9.18 Å². The Labute approximate surface area is 127 Å². The van der Waals surface area contributed by atoms with Gasteiger partial charge in [0.05, 0.1) is 19.0 Å². The van der Waals surface area contributed by atoms with Crippen LogP contribution in [0.15, 0.2) is 18.3 Å². The Bertz CT molecular complexity index is 680. The Morgan fingerprint density at radius 3 is 2.82 bits per heavy atom.